The highest BCUT2D eigenvalue weighted by molar-refractivity contribution is 6.01. The van der Waals surface area contributed by atoms with Crippen molar-refractivity contribution in [2.45, 2.75) is 46.6 Å². The number of hydrogen-bond donors (Lipinski definition) is 1. The summed E-state index contributed by atoms with van der Waals surface area (Å²) in [6, 6.07) is 7.24. The van der Waals surface area contributed by atoms with Crippen LogP contribution in [0.2, 0.25) is 0 Å². The van der Waals surface area contributed by atoms with Crippen molar-refractivity contribution in [1.29, 1.82) is 0 Å². The maximum atomic E-state index is 11.9. The van der Waals surface area contributed by atoms with Crippen molar-refractivity contribution in [1.82, 2.24) is 4.90 Å². The first-order valence-corrected chi connectivity index (χ1v) is 7.46. The number of imide groups is 1. The molecule has 1 fully saturated rings. The molecule has 5 heteroatoms. The number of benzene rings is 1. The molecule has 0 radical (unpaired) electrons. The van der Waals surface area contributed by atoms with Gasteiger partial charge in [-0.25, -0.2) is 0 Å². The van der Waals surface area contributed by atoms with E-state index in [0.717, 1.165) is 11.3 Å². The van der Waals surface area contributed by atoms with Crippen molar-refractivity contribution >= 4 is 23.4 Å². The highest BCUT2D eigenvalue weighted by Crippen LogP contribution is 2.20. The average molecular weight is 302 g/mol. The SMILES string of the molecule is CC(C)(C)CC(=O)Nc1ccc(CN2C(=O)CCC2=O)cc1. The predicted octanol–water partition coefficient (Wildman–Crippen LogP) is 2.71. The van der Waals surface area contributed by atoms with Crippen molar-refractivity contribution in [3.05, 3.63) is 29.8 Å². The second-order valence-corrected chi connectivity index (χ2v) is 6.86. The van der Waals surface area contributed by atoms with E-state index in [-0.39, 0.29) is 23.1 Å². The van der Waals surface area contributed by atoms with Gasteiger partial charge in [-0.2, -0.15) is 0 Å². The maximum Gasteiger partial charge on any atom is 0.229 e. The number of rotatable bonds is 4. The van der Waals surface area contributed by atoms with E-state index >= 15 is 0 Å². The first-order valence-electron chi connectivity index (χ1n) is 7.46. The lowest BCUT2D eigenvalue weighted by Crippen LogP contribution is -2.28. The molecule has 5 nitrogen and oxygen atoms in total. The summed E-state index contributed by atoms with van der Waals surface area (Å²) in [5, 5.41) is 2.85. The van der Waals surface area contributed by atoms with Crippen LogP contribution in [0.15, 0.2) is 24.3 Å². The van der Waals surface area contributed by atoms with Gasteiger partial charge in [0.1, 0.15) is 0 Å². The molecule has 1 heterocycles. The fraction of sp³-hybridized carbons (Fsp3) is 0.471. The number of nitrogens with zero attached hydrogens (tertiary/aromatic N) is 1. The molecule has 0 atom stereocenters. The first kappa shape index (κ1) is 16.2. The minimum atomic E-state index is -0.118. The van der Waals surface area contributed by atoms with E-state index in [2.05, 4.69) is 5.32 Å². The summed E-state index contributed by atoms with van der Waals surface area (Å²) in [6.45, 7) is 6.34. The average Bonchev–Trinajstić information content (AvgIpc) is 2.70. The van der Waals surface area contributed by atoms with E-state index in [1.54, 1.807) is 12.1 Å². The van der Waals surface area contributed by atoms with Crippen LogP contribution in [-0.4, -0.2) is 22.6 Å². The fourth-order valence-electron chi connectivity index (χ4n) is 2.36. The number of hydrogen-bond acceptors (Lipinski definition) is 3. The Kier molecular flexibility index (Phi) is 4.64. The number of anilines is 1. The van der Waals surface area contributed by atoms with E-state index in [1.807, 2.05) is 32.9 Å². The molecule has 1 N–H and O–H groups in total. The minimum absolute atomic E-state index is 0.0230. The third-order valence-electron chi connectivity index (χ3n) is 3.42. The zero-order valence-electron chi connectivity index (χ0n) is 13.3. The largest absolute Gasteiger partial charge is 0.326 e. The highest BCUT2D eigenvalue weighted by Gasteiger charge is 2.28. The topological polar surface area (TPSA) is 66.5 Å². The lowest BCUT2D eigenvalue weighted by Gasteiger charge is -2.17. The number of amides is 3. The molecular weight excluding hydrogens is 280 g/mol. The van der Waals surface area contributed by atoms with Crippen LogP contribution in [0.5, 0.6) is 0 Å². The van der Waals surface area contributed by atoms with Crippen molar-refractivity contribution in [3.63, 3.8) is 0 Å². The molecule has 0 saturated carbocycles. The lowest BCUT2D eigenvalue weighted by molar-refractivity contribution is -0.139. The normalized spacial score (nSPS) is 15.3. The number of carbonyl (C=O) groups is 3. The molecule has 0 unspecified atom stereocenters. The summed E-state index contributed by atoms with van der Waals surface area (Å²) < 4.78 is 0. The highest BCUT2D eigenvalue weighted by atomic mass is 16.2. The van der Waals surface area contributed by atoms with Crippen molar-refractivity contribution in [2.24, 2.45) is 5.41 Å². The number of likely N-dealkylation sites (tertiary alicyclic amines) is 1. The van der Waals surface area contributed by atoms with Crippen LogP contribution >= 0.6 is 0 Å². The third kappa shape index (κ3) is 4.41. The van der Waals surface area contributed by atoms with Gasteiger partial charge in [-0.05, 0) is 23.1 Å². The third-order valence-corrected chi connectivity index (χ3v) is 3.42. The molecule has 2 rings (SSSR count). The molecule has 0 bridgehead atoms. The van der Waals surface area contributed by atoms with Crippen molar-refractivity contribution < 1.29 is 14.4 Å². The molecule has 1 aromatic rings. The van der Waals surface area contributed by atoms with Gasteiger partial charge in [-0.3, -0.25) is 19.3 Å². The number of carbonyl (C=O) groups excluding carboxylic acids is 3. The summed E-state index contributed by atoms with van der Waals surface area (Å²) in [4.78, 5) is 36.3. The van der Waals surface area contributed by atoms with E-state index in [4.69, 9.17) is 0 Å². The Labute approximate surface area is 130 Å². The molecule has 118 valence electrons. The molecule has 22 heavy (non-hydrogen) atoms. The Balaban J connectivity index is 1.94. The van der Waals surface area contributed by atoms with Gasteiger partial charge >= 0.3 is 0 Å². The Bertz CT molecular complexity index is 569. The summed E-state index contributed by atoms with van der Waals surface area (Å²) in [5.41, 5.74) is 1.54. The van der Waals surface area contributed by atoms with Crippen LogP contribution < -0.4 is 5.32 Å². The van der Waals surface area contributed by atoms with Crippen LogP contribution in [0.1, 0.15) is 45.6 Å². The van der Waals surface area contributed by atoms with Gasteiger partial charge in [0.25, 0.3) is 0 Å². The summed E-state index contributed by atoms with van der Waals surface area (Å²) >= 11 is 0. The minimum Gasteiger partial charge on any atom is -0.326 e. The van der Waals surface area contributed by atoms with Crippen LogP contribution in [0.25, 0.3) is 0 Å². The Morgan fingerprint density at radius 3 is 2.14 bits per heavy atom. The van der Waals surface area contributed by atoms with Gasteiger partial charge in [-0.15, -0.1) is 0 Å². The van der Waals surface area contributed by atoms with Gasteiger partial charge in [0, 0.05) is 24.9 Å². The summed E-state index contributed by atoms with van der Waals surface area (Å²) in [6.07, 6.45) is 1.06. The molecule has 1 aromatic carbocycles. The van der Waals surface area contributed by atoms with Gasteiger partial charge in [0.2, 0.25) is 17.7 Å². The monoisotopic (exact) mass is 302 g/mol. The van der Waals surface area contributed by atoms with Crippen LogP contribution in [0.3, 0.4) is 0 Å². The quantitative estimate of drug-likeness (QED) is 0.870. The van der Waals surface area contributed by atoms with E-state index in [1.165, 1.54) is 4.90 Å². The van der Waals surface area contributed by atoms with E-state index in [0.29, 0.717) is 25.8 Å². The Morgan fingerprint density at radius 1 is 1.09 bits per heavy atom. The van der Waals surface area contributed by atoms with Gasteiger partial charge in [0.05, 0.1) is 6.54 Å². The maximum absolute atomic E-state index is 11.9. The van der Waals surface area contributed by atoms with Gasteiger partial charge in [-0.1, -0.05) is 32.9 Å². The lowest BCUT2D eigenvalue weighted by atomic mass is 9.92. The molecule has 0 spiro atoms. The predicted molar refractivity (Wildman–Crippen MR) is 83.9 cm³/mol. The second kappa shape index (κ2) is 6.30. The molecular formula is C17H22N2O3. The van der Waals surface area contributed by atoms with Crippen LogP contribution in [-0.2, 0) is 20.9 Å². The van der Waals surface area contributed by atoms with Gasteiger partial charge < -0.3 is 5.32 Å². The van der Waals surface area contributed by atoms with E-state index < -0.39 is 0 Å². The summed E-state index contributed by atoms with van der Waals surface area (Å²) in [5.74, 6) is -0.259. The molecule has 0 aromatic heterocycles. The second-order valence-electron chi connectivity index (χ2n) is 6.86. The molecule has 1 aliphatic heterocycles. The van der Waals surface area contributed by atoms with E-state index in [9.17, 15) is 14.4 Å². The van der Waals surface area contributed by atoms with Gasteiger partial charge in [0.15, 0.2) is 0 Å². The van der Waals surface area contributed by atoms with Crippen molar-refractivity contribution in [3.8, 4) is 0 Å². The Hall–Kier alpha value is -2.17. The Morgan fingerprint density at radius 2 is 1.64 bits per heavy atom. The zero-order chi connectivity index (χ0) is 16.3. The van der Waals surface area contributed by atoms with Crippen LogP contribution in [0, 0.1) is 5.41 Å². The van der Waals surface area contributed by atoms with Crippen LogP contribution in [0.4, 0.5) is 5.69 Å². The summed E-state index contributed by atoms with van der Waals surface area (Å²) in [7, 11) is 0. The molecule has 1 aliphatic rings. The zero-order valence-corrected chi connectivity index (χ0v) is 13.3. The first-order chi connectivity index (χ1) is 10.2. The number of nitrogens with one attached hydrogen (secondary N) is 1. The molecule has 3 amide bonds. The molecule has 0 aliphatic carbocycles. The molecule has 1 saturated heterocycles. The fourth-order valence-corrected chi connectivity index (χ4v) is 2.36. The standard InChI is InChI=1S/C17H22N2O3/c1-17(2,3)10-14(20)18-13-6-4-12(5-7-13)11-19-15(21)8-9-16(19)22/h4-7H,8-11H2,1-3H3,(H,18,20). The smallest absolute Gasteiger partial charge is 0.229 e. The van der Waals surface area contributed by atoms with Crippen molar-refractivity contribution in [2.75, 3.05) is 5.32 Å².